The molecule has 0 aromatic heterocycles. The number of carbonyl (C=O) groups is 1. The highest BCUT2D eigenvalue weighted by atomic mass is 16.2. The summed E-state index contributed by atoms with van der Waals surface area (Å²) in [4.78, 5) is 13.9. The van der Waals surface area contributed by atoms with Gasteiger partial charge in [-0.1, -0.05) is 56.3 Å². The van der Waals surface area contributed by atoms with Gasteiger partial charge < -0.3 is 10.2 Å². The second kappa shape index (κ2) is 7.63. The molecule has 2 aromatic carbocycles. The minimum Gasteiger partial charge on any atom is -0.323 e. The van der Waals surface area contributed by atoms with Crippen LogP contribution < -0.4 is 10.2 Å². The van der Waals surface area contributed by atoms with Gasteiger partial charge in [-0.15, -0.1) is 0 Å². The van der Waals surface area contributed by atoms with Gasteiger partial charge >= 0.3 is 0 Å². The number of quaternary nitrogens is 1. The molecule has 0 fully saturated rings. The minimum absolute atomic E-state index is 0.111. The molecule has 0 bridgehead atoms. The van der Waals surface area contributed by atoms with Crippen LogP contribution in [0.25, 0.3) is 0 Å². The summed E-state index contributed by atoms with van der Waals surface area (Å²) in [5.41, 5.74) is 5.01. The van der Waals surface area contributed by atoms with Crippen LogP contribution in [0.5, 0.6) is 0 Å². The third kappa shape index (κ3) is 3.85. The van der Waals surface area contributed by atoms with Gasteiger partial charge in [0.15, 0.2) is 6.54 Å². The van der Waals surface area contributed by atoms with Crippen molar-refractivity contribution in [2.24, 2.45) is 0 Å². The van der Waals surface area contributed by atoms with Crippen molar-refractivity contribution >= 4 is 11.6 Å². The van der Waals surface area contributed by atoms with Gasteiger partial charge in [-0.25, -0.2) is 0 Å². The van der Waals surface area contributed by atoms with Crippen molar-refractivity contribution in [2.45, 2.75) is 39.2 Å². The van der Waals surface area contributed by atoms with Crippen LogP contribution in [0.3, 0.4) is 0 Å². The Morgan fingerprint density at radius 2 is 1.83 bits per heavy atom. The maximum absolute atomic E-state index is 12.5. The molecule has 0 aliphatic carbocycles. The molecule has 0 spiro atoms. The highest BCUT2D eigenvalue weighted by molar-refractivity contribution is 5.92. The third-order valence-corrected chi connectivity index (χ3v) is 5.10. The summed E-state index contributed by atoms with van der Waals surface area (Å²) >= 11 is 0. The minimum atomic E-state index is 0.111. The van der Waals surface area contributed by atoms with E-state index in [-0.39, 0.29) is 5.91 Å². The number of anilines is 1. The molecule has 3 rings (SSSR count). The summed E-state index contributed by atoms with van der Waals surface area (Å²) in [6, 6.07) is 16.7. The highest BCUT2D eigenvalue weighted by Gasteiger charge is 2.22. The molecule has 0 saturated heterocycles. The van der Waals surface area contributed by atoms with Crippen molar-refractivity contribution in [3.63, 3.8) is 0 Å². The largest absolute Gasteiger partial charge is 0.323 e. The van der Waals surface area contributed by atoms with Gasteiger partial charge in [0, 0.05) is 17.7 Å². The Morgan fingerprint density at radius 1 is 1.12 bits per heavy atom. The first-order valence-corrected chi connectivity index (χ1v) is 8.96. The van der Waals surface area contributed by atoms with Crippen LogP contribution in [0.1, 0.15) is 42.9 Å². The molecule has 3 nitrogen and oxygen atoms in total. The van der Waals surface area contributed by atoms with Gasteiger partial charge in [0.1, 0.15) is 6.54 Å². The van der Waals surface area contributed by atoms with Crippen molar-refractivity contribution in [3.05, 3.63) is 65.2 Å². The third-order valence-electron chi connectivity index (χ3n) is 5.10. The molecule has 1 heterocycles. The molecule has 1 amide bonds. The summed E-state index contributed by atoms with van der Waals surface area (Å²) in [6.45, 7) is 6.88. The Kier molecular flexibility index (Phi) is 5.31. The zero-order valence-electron chi connectivity index (χ0n) is 14.6. The zero-order chi connectivity index (χ0) is 16.9. The Labute approximate surface area is 144 Å². The number of carbonyl (C=O) groups excluding carboxylic acids is 1. The molecular formula is C21H27N2O+. The second-order valence-corrected chi connectivity index (χ2v) is 6.82. The van der Waals surface area contributed by atoms with Gasteiger partial charge in [0.25, 0.3) is 5.91 Å². The average molecular weight is 323 g/mol. The average Bonchev–Trinajstić information content (AvgIpc) is 2.61. The van der Waals surface area contributed by atoms with E-state index in [4.69, 9.17) is 0 Å². The van der Waals surface area contributed by atoms with E-state index < -0.39 is 0 Å². The van der Waals surface area contributed by atoms with E-state index in [1.807, 2.05) is 18.2 Å². The molecule has 126 valence electrons. The van der Waals surface area contributed by atoms with E-state index in [0.717, 1.165) is 31.6 Å². The molecule has 3 heteroatoms. The topological polar surface area (TPSA) is 33.5 Å². The predicted octanol–water partition coefficient (Wildman–Crippen LogP) is 2.78. The number of amides is 1. The Morgan fingerprint density at radius 3 is 2.62 bits per heavy atom. The van der Waals surface area contributed by atoms with Crippen LogP contribution in [-0.4, -0.2) is 19.0 Å². The number of hydrogen-bond donors (Lipinski definition) is 2. The van der Waals surface area contributed by atoms with E-state index in [1.165, 1.54) is 21.6 Å². The summed E-state index contributed by atoms with van der Waals surface area (Å²) < 4.78 is 0. The first-order chi connectivity index (χ1) is 11.7. The van der Waals surface area contributed by atoms with E-state index in [1.54, 1.807) is 0 Å². The van der Waals surface area contributed by atoms with E-state index >= 15 is 0 Å². The zero-order valence-corrected chi connectivity index (χ0v) is 14.6. The van der Waals surface area contributed by atoms with Crippen molar-refractivity contribution in [1.82, 2.24) is 0 Å². The lowest BCUT2D eigenvalue weighted by atomic mass is 9.97. The number of fused-ring (bicyclic) bond motifs is 1. The first-order valence-electron chi connectivity index (χ1n) is 8.96. The van der Waals surface area contributed by atoms with Crippen LogP contribution in [0.4, 0.5) is 5.69 Å². The lowest BCUT2D eigenvalue weighted by Gasteiger charge is -2.25. The smallest absolute Gasteiger partial charge is 0.279 e. The van der Waals surface area contributed by atoms with Crippen molar-refractivity contribution in [1.29, 1.82) is 0 Å². The van der Waals surface area contributed by atoms with E-state index in [0.29, 0.717) is 12.5 Å². The van der Waals surface area contributed by atoms with Crippen LogP contribution >= 0.6 is 0 Å². The van der Waals surface area contributed by atoms with Gasteiger partial charge in [-0.05, 0) is 29.5 Å². The summed E-state index contributed by atoms with van der Waals surface area (Å²) in [5.74, 6) is 0.566. The number of hydrogen-bond acceptors (Lipinski definition) is 1. The van der Waals surface area contributed by atoms with Crippen molar-refractivity contribution in [3.8, 4) is 0 Å². The number of nitrogens with one attached hydrogen (secondary N) is 2. The normalized spacial score (nSPS) is 17.8. The molecule has 0 radical (unpaired) electrons. The molecule has 1 aliphatic heterocycles. The molecule has 1 unspecified atom stereocenters. The number of para-hydroxylation sites is 1. The lowest BCUT2D eigenvalue weighted by Crippen LogP contribution is -3.12. The Bertz CT molecular complexity index is 710. The Hall–Kier alpha value is -2.13. The first kappa shape index (κ1) is 16.7. The molecule has 2 aromatic rings. The van der Waals surface area contributed by atoms with Gasteiger partial charge in [-0.3, -0.25) is 4.79 Å². The molecular weight excluding hydrogens is 296 g/mol. The molecule has 0 saturated carbocycles. The van der Waals surface area contributed by atoms with E-state index in [9.17, 15) is 4.79 Å². The highest BCUT2D eigenvalue weighted by Crippen LogP contribution is 2.26. The fourth-order valence-corrected chi connectivity index (χ4v) is 3.48. The van der Waals surface area contributed by atoms with E-state index in [2.05, 4.69) is 49.5 Å². The van der Waals surface area contributed by atoms with Crippen molar-refractivity contribution < 1.29 is 9.69 Å². The molecule has 1 aliphatic rings. The number of benzene rings is 2. The fourth-order valence-electron chi connectivity index (χ4n) is 3.48. The van der Waals surface area contributed by atoms with Crippen LogP contribution in [0, 0.1) is 0 Å². The van der Waals surface area contributed by atoms with Gasteiger partial charge in [0.2, 0.25) is 0 Å². The summed E-state index contributed by atoms with van der Waals surface area (Å²) in [6.07, 6.45) is 2.13. The fraction of sp³-hybridized carbons (Fsp3) is 0.381. The lowest BCUT2D eigenvalue weighted by molar-refractivity contribution is -0.907. The molecule has 24 heavy (non-hydrogen) atoms. The van der Waals surface area contributed by atoms with Crippen LogP contribution in [-0.2, 0) is 17.8 Å². The van der Waals surface area contributed by atoms with Crippen LogP contribution in [0.2, 0.25) is 0 Å². The summed E-state index contributed by atoms with van der Waals surface area (Å²) in [5, 5.41) is 3.14. The predicted molar refractivity (Wildman–Crippen MR) is 98.3 cm³/mol. The van der Waals surface area contributed by atoms with Gasteiger partial charge in [0.05, 0.1) is 6.54 Å². The monoisotopic (exact) mass is 323 g/mol. The number of rotatable bonds is 5. The maximum atomic E-state index is 12.5. The second-order valence-electron chi connectivity index (χ2n) is 6.82. The molecule has 2 atom stereocenters. The molecule has 2 N–H and O–H groups in total. The SMILES string of the molecule is CC[C@H](C)c1ccccc1NC(=O)C[NH+]1CCc2ccccc2C1. The summed E-state index contributed by atoms with van der Waals surface area (Å²) in [7, 11) is 0. The standard InChI is InChI=1S/C21H26N2O/c1-3-16(2)19-10-6-7-11-20(19)22-21(24)15-23-13-12-17-8-4-5-9-18(17)14-23/h4-11,16H,3,12-15H2,1-2H3,(H,22,24)/p+1/t16-/m0/s1. The van der Waals surface area contributed by atoms with Crippen molar-refractivity contribution in [2.75, 3.05) is 18.4 Å². The Balaban J connectivity index is 1.63. The maximum Gasteiger partial charge on any atom is 0.279 e. The quantitative estimate of drug-likeness (QED) is 0.871. The van der Waals surface area contributed by atoms with Gasteiger partial charge in [-0.2, -0.15) is 0 Å². The van der Waals surface area contributed by atoms with Crippen LogP contribution in [0.15, 0.2) is 48.5 Å².